The summed E-state index contributed by atoms with van der Waals surface area (Å²) in [6, 6.07) is 15.2. The number of benzene rings is 2. The smallest absolute Gasteiger partial charge is 0.137 e. The van der Waals surface area contributed by atoms with Gasteiger partial charge in [0.05, 0.1) is 18.1 Å². The molecule has 130 valence electrons. The predicted octanol–water partition coefficient (Wildman–Crippen LogP) is 4.70. The molecular formula is C20H22ClN3O. The molecule has 2 aromatic carbocycles. The fourth-order valence-electron chi connectivity index (χ4n) is 3.42. The van der Waals surface area contributed by atoms with E-state index < -0.39 is 0 Å². The number of halogens is 1. The van der Waals surface area contributed by atoms with Crippen molar-refractivity contribution in [2.24, 2.45) is 0 Å². The van der Waals surface area contributed by atoms with E-state index in [1.54, 1.807) is 19.1 Å². The fourth-order valence-corrected chi connectivity index (χ4v) is 3.54. The Bertz CT molecular complexity index is 797. The van der Waals surface area contributed by atoms with Crippen LogP contribution in [-0.4, -0.2) is 30.7 Å². The monoisotopic (exact) mass is 355 g/mol. The Hall–Kier alpha value is -2.33. The molecule has 0 amide bonds. The Morgan fingerprint density at radius 2 is 1.72 bits per heavy atom. The third-order valence-corrected chi connectivity index (χ3v) is 5.34. The van der Waals surface area contributed by atoms with Crippen LogP contribution in [-0.2, 0) is 5.41 Å². The molecular weight excluding hydrogens is 334 g/mol. The molecule has 0 unspecified atom stereocenters. The van der Waals surface area contributed by atoms with Crippen LogP contribution in [0.25, 0.3) is 0 Å². The largest absolute Gasteiger partial charge is 0.496 e. The third kappa shape index (κ3) is 3.02. The summed E-state index contributed by atoms with van der Waals surface area (Å²) in [6.45, 7) is 0. The van der Waals surface area contributed by atoms with Crippen molar-refractivity contribution in [3.8, 4) is 5.75 Å². The van der Waals surface area contributed by atoms with Crippen LogP contribution < -0.4 is 4.74 Å². The number of hydrogen-bond acceptors (Lipinski definition) is 3. The topological polar surface area (TPSA) is 60.2 Å². The maximum absolute atomic E-state index is 8.81. The first-order valence-corrected chi connectivity index (χ1v) is 8.68. The zero-order valence-corrected chi connectivity index (χ0v) is 15.2. The molecule has 2 N–H and O–H groups in total. The van der Waals surface area contributed by atoms with Crippen LogP contribution >= 0.6 is 11.6 Å². The highest BCUT2D eigenvalue weighted by Crippen LogP contribution is 2.45. The van der Waals surface area contributed by atoms with Crippen molar-refractivity contribution in [3.63, 3.8) is 0 Å². The molecule has 1 fully saturated rings. The molecule has 0 aromatic heterocycles. The average Bonchev–Trinajstić information content (AvgIpc) is 2.61. The average molecular weight is 356 g/mol. The highest BCUT2D eigenvalue weighted by Gasteiger charge is 2.45. The van der Waals surface area contributed by atoms with E-state index in [0.29, 0.717) is 22.2 Å². The molecule has 0 radical (unpaired) electrons. The fraction of sp³-hybridized carbons (Fsp3) is 0.300. The van der Waals surface area contributed by atoms with E-state index in [1.807, 2.05) is 48.5 Å². The van der Waals surface area contributed by atoms with Crippen LogP contribution in [0.5, 0.6) is 5.75 Å². The summed E-state index contributed by atoms with van der Waals surface area (Å²) in [5, 5.41) is 18.1. The van der Waals surface area contributed by atoms with Crippen LogP contribution in [0, 0.1) is 10.8 Å². The zero-order valence-electron chi connectivity index (χ0n) is 14.5. The minimum atomic E-state index is -0.340. The molecule has 0 atom stereocenters. The van der Waals surface area contributed by atoms with Gasteiger partial charge in [0, 0.05) is 12.1 Å². The van der Waals surface area contributed by atoms with E-state index in [-0.39, 0.29) is 11.3 Å². The van der Waals surface area contributed by atoms with E-state index in [0.717, 1.165) is 24.8 Å². The maximum atomic E-state index is 8.81. The van der Waals surface area contributed by atoms with Gasteiger partial charge in [-0.2, -0.15) is 0 Å². The van der Waals surface area contributed by atoms with Gasteiger partial charge in [-0.3, -0.25) is 10.8 Å². The van der Waals surface area contributed by atoms with E-state index >= 15 is 0 Å². The van der Waals surface area contributed by atoms with E-state index in [9.17, 15) is 0 Å². The molecule has 3 rings (SSSR count). The van der Waals surface area contributed by atoms with Crippen LogP contribution in [0.2, 0.25) is 5.02 Å². The second-order valence-corrected chi connectivity index (χ2v) is 6.84. The normalized spacial score (nSPS) is 15.2. The van der Waals surface area contributed by atoms with Crippen LogP contribution in [0.15, 0.2) is 48.5 Å². The van der Waals surface area contributed by atoms with Crippen molar-refractivity contribution in [3.05, 3.63) is 64.7 Å². The van der Waals surface area contributed by atoms with Gasteiger partial charge in [-0.15, -0.1) is 0 Å². The highest BCUT2D eigenvalue weighted by molar-refractivity contribution is 6.30. The van der Waals surface area contributed by atoms with Crippen molar-refractivity contribution in [1.29, 1.82) is 10.8 Å². The Kier molecular flexibility index (Phi) is 4.82. The second-order valence-electron chi connectivity index (χ2n) is 6.40. The number of amidine groups is 2. The Morgan fingerprint density at radius 1 is 1.08 bits per heavy atom. The third-order valence-electron chi connectivity index (χ3n) is 5.09. The lowest BCUT2D eigenvalue weighted by molar-refractivity contribution is 0.319. The molecule has 1 aliphatic carbocycles. The summed E-state index contributed by atoms with van der Waals surface area (Å²) in [7, 11) is 3.38. The maximum Gasteiger partial charge on any atom is 0.137 e. The first kappa shape index (κ1) is 17.5. The number of methoxy groups -OCH3 is 1. The molecule has 0 heterocycles. The van der Waals surface area contributed by atoms with E-state index in [2.05, 4.69) is 0 Å². The van der Waals surface area contributed by atoms with Crippen molar-refractivity contribution in [1.82, 2.24) is 4.90 Å². The van der Waals surface area contributed by atoms with Gasteiger partial charge in [0.2, 0.25) is 0 Å². The highest BCUT2D eigenvalue weighted by atomic mass is 35.5. The van der Waals surface area contributed by atoms with Crippen molar-refractivity contribution in [2.45, 2.75) is 24.7 Å². The SMILES string of the molecule is COc1ccccc1C(=N)N(C)C(=N)C1(c2ccc(Cl)cc2)CCC1. The van der Waals surface area contributed by atoms with Gasteiger partial charge in [0.15, 0.2) is 0 Å². The number of rotatable bonds is 4. The van der Waals surface area contributed by atoms with Crippen molar-refractivity contribution < 1.29 is 4.74 Å². The Morgan fingerprint density at radius 3 is 2.28 bits per heavy atom. The van der Waals surface area contributed by atoms with Gasteiger partial charge < -0.3 is 9.64 Å². The number of nitrogens with one attached hydrogen (secondary N) is 2. The van der Waals surface area contributed by atoms with Crippen LogP contribution in [0.1, 0.15) is 30.4 Å². The lowest BCUT2D eigenvalue weighted by Gasteiger charge is -2.45. The standard InChI is InChI=1S/C20H22ClN3O/c1-24(18(22)16-6-3-4-7-17(16)25-2)19(23)20(12-5-13-20)14-8-10-15(21)11-9-14/h3-4,6-11,22-23H,5,12-13H2,1-2H3. The van der Waals surface area contributed by atoms with Crippen molar-refractivity contribution >= 4 is 23.3 Å². The first-order valence-electron chi connectivity index (χ1n) is 8.30. The number of para-hydroxylation sites is 1. The summed E-state index contributed by atoms with van der Waals surface area (Å²) in [5.74, 6) is 1.35. The zero-order chi connectivity index (χ0) is 18.0. The molecule has 0 bridgehead atoms. The predicted molar refractivity (Wildman–Crippen MR) is 102 cm³/mol. The van der Waals surface area contributed by atoms with E-state index in [4.69, 9.17) is 27.2 Å². The van der Waals surface area contributed by atoms with Gasteiger partial charge >= 0.3 is 0 Å². The lowest BCUT2D eigenvalue weighted by atomic mass is 9.63. The molecule has 2 aromatic rings. The van der Waals surface area contributed by atoms with Gasteiger partial charge in [0.1, 0.15) is 17.4 Å². The summed E-state index contributed by atoms with van der Waals surface area (Å²) >= 11 is 6.02. The molecule has 25 heavy (non-hydrogen) atoms. The van der Waals surface area contributed by atoms with Gasteiger partial charge in [-0.05, 0) is 42.7 Å². The van der Waals surface area contributed by atoms with Crippen molar-refractivity contribution in [2.75, 3.05) is 14.2 Å². The van der Waals surface area contributed by atoms with Crippen LogP contribution in [0.4, 0.5) is 0 Å². The molecule has 0 spiro atoms. The number of nitrogens with zero attached hydrogens (tertiary/aromatic N) is 1. The second kappa shape index (κ2) is 6.89. The van der Waals surface area contributed by atoms with E-state index in [1.165, 1.54) is 0 Å². The number of ether oxygens (including phenoxy) is 1. The molecule has 5 heteroatoms. The van der Waals surface area contributed by atoms with Crippen LogP contribution in [0.3, 0.4) is 0 Å². The molecule has 4 nitrogen and oxygen atoms in total. The summed E-state index contributed by atoms with van der Waals surface area (Å²) in [6.07, 6.45) is 2.91. The summed E-state index contributed by atoms with van der Waals surface area (Å²) in [4.78, 5) is 1.66. The summed E-state index contributed by atoms with van der Waals surface area (Å²) < 4.78 is 5.37. The van der Waals surface area contributed by atoms with Gasteiger partial charge in [0.25, 0.3) is 0 Å². The molecule has 0 aliphatic heterocycles. The number of hydrogen-bond donors (Lipinski definition) is 2. The summed E-state index contributed by atoms with van der Waals surface area (Å²) in [5.41, 5.74) is 1.43. The van der Waals surface area contributed by atoms with Gasteiger partial charge in [-0.25, -0.2) is 0 Å². The molecule has 1 saturated carbocycles. The number of likely N-dealkylation sites (N-methyl/N-ethyl adjacent to an activating group) is 1. The quantitative estimate of drug-likeness (QED) is 0.616. The molecule has 0 saturated heterocycles. The Labute approximate surface area is 153 Å². The lowest BCUT2D eigenvalue weighted by Crippen LogP contribution is -2.51. The Balaban J connectivity index is 1.90. The first-order chi connectivity index (χ1) is 12.0. The minimum absolute atomic E-state index is 0.266. The minimum Gasteiger partial charge on any atom is -0.496 e. The van der Waals surface area contributed by atoms with Gasteiger partial charge in [-0.1, -0.05) is 42.3 Å². The molecule has 1 aliphatic rings.